The van der Waals surface area contributed by atoms with Crippen LogP contribution < -0.4 is 10.2 Å². The van der Waals surface area contributed by atoms with Gasteiger partial charge in [0.05, 0.1) is 0 Å². The molecule has 0 amide bonds. The molecule has 1 saturated heterocycles. The predicted octanol–water partition coefficient (Wildman–Crippen LogP) is 3.72. The summed E-state index contributed by atoms with van der Waals surface area (Å²) >= 11 is 0. The summed E-state index contributed by atoms with van der Waals surface area (Å²) in [4.78, 5) is 39.8. The molecule has 9 heteroatoms. The molecule has 0 unspecified atom stereocenters. The number of hydrogen-bond acceptors (Lipinski definition) is 9. The molecule has 0 aliphatic carbocycles. The van der Waals surface area contributed by atoms with Crippen molar-refractivity contribution in [1.82, 2.24) is 29.8 Å². The van der Waals surface area contributed by atoms with Crippen LogP contribution in [-0.4, -0.2) is 61.8 Å². The highest BCUT2D eigenvalue weighted by Gasteiger charge is 2.21. The summed E-state index contributed by atoms with van der Waals surface area (Å²) < 4.78 is 0. The molecule has 1 aromatic carbocycles. The number of anilines is 3. The van der Waals surface area contributed by atoms with Crippen LogP contribution in [0.1, 0.15) is 34.2 Å². The SMILES string of the molecule is CCc1nc(Nc2cc(C(=O)Cc3ccccc3)ccn2)nc(N2CCN(Cc3ccncc3)CC2)n1. The maximum absolute atomic E-state index is 12.8. The smallest absolute Gasteiger partial charge is 0.233 e. The zero-order chi connectivity index (χ0) is 25.5. The van der Waals surface area contributed by atoms with Gasteiger partial charge < -0.3 is 10.2 Å². The second kappa shape index (κ2) is 11.7. The number of piperazine rings is 1. The Labute approximate surface area is 216 Å². The molecule has 1 aliphatic rings. The summed E-state index contributed by atoms with van der Waals surface area (Å²) in [7, 11) is 0. The molecule has 0 saturated carbocycles. The standard InChI is InChI=1S/C28H30N8O/c1-2-25-31-27(32-26-19-23(10-13-30-26)24(37)18-21-6-4-3-5-7-21)34-28(33-25)36-16-14-35(15-17-36)20-22-8-11-29-12-9-22/h3-13,19H,2,14-18,20H2,1H3,(H,30,31,32,33,34). The van der Waals surface area contributed by atoms with E-state index in [0.717, 1.165) is 38.3 Å². The van der Waals surface area contributed by atoms with E-state index in [1.54, 1.807) is 18.3 Å². The third-order valence-corrected chi connectivity index (χ3v) is 6.33. The van der Waals surface area contributed by atoms with Crippen molar-refractivity contribution in [2.45, 2.75) is 26.3 Å². The van der Waals surface area contributed by atoms with Gasteiger partial charge in [-0.3, -0.25) is 14.7 Å². The number of hydrogen-bond donors (Lipinski definition) is 1. The zero-order valence-corrected chi connectivity index (χ0v) is 20.9. The molecule has 1 fully saturated rings. The number of ketones is 1. The number of benzene rings is 1. The van der Waals surface area contributed by atoms with E-state index in [0.29, 0.717) is 41.9 Å². The highest BCUT2D eigenvalue weighted by atomic mass is 16.1. The van der Waals surface area contributed by atoms with Crippen molar-refractivity contribution in [3.8, 4) is 0 Å². The Balaban J connectivity index is 1.26. The van der Waals surface area contributed by atoms with Crippen molar-refractivity contribution < 1.29 is 4.79 Å². The van der Waals surface area contributed by atoms with Gasteiger partial charge in [-0.1, -0.05) is 37.3 Å². The average Bonchev–Trinajstić information content (AvgIpc) is 2.94. The number of Topliss-reactive ketones (excluding diaryl/α,β-unsaturated/α-hetero) is 1. The number of aromatic nitrogens is 5. The first kappa shape index (κ1) is 24.5. The molecular weight excluding hydrogens is 464 g/mol. The Bertz CT molecular complexity index is 1320. The highest BCUT2D eigenvalue weighted by molar-refractivity contribution is 5.98. The zero-order valence-electron chi connectivity index (χ0n) is 20.9. The minimum absolute atomic E-state index is 0.0341. The number of nitrogens with one attached hydrogen (secondary N) is 1. The number of pyridine rings is 2. The van der Waals surface area contributed by atoms with Crippen LogP contribution in [0.2, 0.25) is 0 Å². The van der Waals surface area contributed by atoms with E-state index >= 15 is 0 Å². The molecule has 1 aliphatic heterocycles. The first-order chi connectivity index (χ1) is 18.2. The van der Waals surface area contributed by atoms with Gasteiger partial charge in [-0.25, -0.2) is 4.98 Å². The minimum atomic E-state index is 0.0341. The number of carbonyl (C=O) groups is 1. The van der Waals surface area contributed by atoms with Crippen LogP contribution in [0.15, 0.2) is 73.2 Å². The molecule has 0 radical (unpaired) electrons. The third kappa shape index (κ3) is 6.50. The third-order valence-electron chi connectivity index (χ3n) is 6.33. The predicted molar refractivity (Wildman–Crippen MR) is 143 cm³/mol. The monoisotopic (exact) mass is 494 g/mol. The Morgan fingerprint density at radius 3 is 2.43 bits per heavy atom. The quantitative estimate of drug-likeness (QED) is 0.349. The van der Waals surface area contributed by atoms with E-state index in [-0.39, 0.29) is 5.78 Å². The average molecular weight is 495 g/mol. The van der Waals surface area contributed by atoms with Crippen molar-refractivity contribution in [3.63, 3.8) is 0 Å². The maximum Gasteiger partial charge on any atom is 0.233 e. The van der Waals surface area contributed by atoms with E-state index in [4.69, 9.17) is 4.98 Å². The topological polar surface area (TPSA) is 100 Å². The van der Waals surface area contributed by atoms with Gasteiger partial charge in [-0.2, -0.15) is 15.0 Å². The molecule has 37 heavy (non-hydrogen) atoms. The summed E-state index contributed by atoms with van der Waals surface area (Å²) in [6.45, 7) is 6.44. The van der Waals surface area contributed by atoms with Gasteiger partial charge in [0.25, 0.3) is 0 Å². The van der Waals surface area contributed by atoms with Crippen LogP contribution in [0.5, 0.6) is 0 Å². The minimum Gasteiger partial charge on any atom is -0.338 e. The van der Waals surface area contributed by atoms with Gasteiger partial charge >= 0.3 is 0 Å². The molecule has 4 heterocycles. The second-order valence-corrected chi connectivity index (χ2v) is 8.99. The molecule has 3 aromatic heterocycles. The molecule has 0 atom stereocenters. The van der Waals surface area contributed by atoms with Gasteiger partial charge in [-0.15, -0.1) is 0 Å². The van der Waals surface area contributed by atoms with Crippen LogP contribution in [0, 0.1) is 0 Å². The van der Waals surface area contributed by atoms with Gasteiger partial charge in [0.2, 0.25) is 11.9 Å². The fourth-order valence-electron chi connectivity index (χ4n) is 4.29. The maximum atomic E-state index is 12.8. The summed E-state index contributed by atoms with van der Waals surface area (Å²) in [5, 5.41) is 3.19. The normalized spacial score (nSPS) is 13.9. The van der Waals surface area contributed by atoms with Crippen molar-refractivity contribution in [1.29, 1.82) is 0 Å². The molecule has 9 nitrogen and oxygen atoms in total. The molecule has 0 spiro atoms. The lowest BCUT2D eigenvalue weighted by Gasteiger charge is -2.34. The number of nitrogens with zero attached hydrogens (tertiary/aromatic N) is 7. The van der Waals surface area contributed by atoms with E-state index in [2.05, 4.69) is 47.2 Å². The van der Waals surface area contributed by atoms with Crippen LogP contribution in [0.3, 0.4) is 0 Å². The Morgan fingerprint density at radius 2 is 1.68 bits per heavy atom. The molecule has 5 rings (SSSR count). The van der Waals surface area contributed by atoms with E-state index in [1.165, 1.54) is 5.56 Å². The number of aryl methyl sites for hydroxylation is 1. The van der Waals surface area contributed by atoms with Gasteiger partial charge in [0.15, 0.2) is 5.78 Å². The largest absolute Gasteiger partial charge is 0.338 e. The Morgan fingerprint density at radius 1 is 0.892 bits per heavy atom. The van der Waals surface area contributed by atoms with Crippen LogP contribution in [0.25, 0.3) is 0 Å². The van der Waals surface area contributed by atoms with Gasteiger partial charge in [0, 0.05) is 69.7 Å². The van der Waals surface area contributed by atoms with Crippen LogP contribution in [0.4, 0.5) is 17.7 Å². The van der Waals surface area contributed by atoms with Crippen molar-refractivity contribution in [3.05, 3.63) is 95.7 Å². The Hall–Kier alpha value is -4.24. The van der Waals surface area contributed by atoms with Gasteiger partial charge in [-0.05, 0) is 35.4 Å². The molecule has 0 bridgehead atoms. The second-order valence-electron chi connectivity index (χ2n) is 8.99. The molecule has 4 aromatic rings. The number of rotatable bonds is 9. The van der Waals surface area contributed by atoms with Crippen molar-refractivity contribution >= 4 is 23.5 Å². The first-order valence-corrected chi connectivity index (χ1v) is 12.6. The van der Waals surface area contributed by atoms with E-state index < -0.39 is 0 Å². The summed E-state index contributed by atoms with van der Waals surface area (Å²) in [6.07, 6.45) is 6.33. The Kier molecular flexibility index (Phi) is 7.71. The molecule has 188 valence electrons. The lowest BCUT2D eigenvalue weighted by atomic mass is 10.0. The fraction of sp³-hybridized carbons (Fsp3) is 0.286. The summed E-state index contributed by atoms with van der Waals surface area (Å²) in [6, 6.07) is 17.3. The first-order valence-electron chi connectivity index (χ1n) is 12.6. The molecular formula is C28H30N8O. The van der Waals surface area contributed by atoms with E-state index in [9.17, 15) is 4.79 Å². The van der Waals surface area contributed by atoms with Crippen molar-refractivity contribution in [2.75, 3.05) is 36.4 Å². The number of carbonyl (C=O) groups excluding carboxylic acids is 1. The van der Waals surface area contributed by atoms with Crippen molar-refractivity contribution in [2.24, 2.45) is 0 Å². The van der Waals surface area contributed by atoms with E-state index in [1.807, 2.05) is 49.6 Å². The van der Waals surface area contributed by atoms with Gasteiger partial charge in [0.1, 0.15) is 11.6 Å². The lowest BCUT2D eigenvalue weighted by Crippen LogP contribution is -2.46. The summed E-state index contributed by atoms with van der Waals surface area (Å²) in [5.74, 6) is 2.37. The summed E-state index contributed by atoms with van der Waals surface area (Å²) in [5.41, 5.74) is 2.84. The fourth-order valence-corrected chi connectivity index (χ4v) is 4.29. The lowest BCUT2D eigenvalue weighted by molar-refractivity contribution is 0.0993. The molecule has 1 N–H and O–H groups in total. The highest BCUT2D eigenvalue weighted by Crippen LogP contribution is 2.19. The van der Waals surface area contributed by atoms with Crippen LogP contribution >= 0.6 is 0 Å². The van der Waals surface area contributed by atoms with Crippen LogP contribution in [-0.2, 0) is 19.4 Å².